The van der Waals surface area contributed by atoms with Crippen LogP contribution >= 0.6 is 46.4 Å². The lowest BCUT2D eigenvalue weighted by atomic mass is 9.73. The number of aromatic nitrogens is 2. The molecule has 3 aliphatic rings. The van der Waals surface area contributed by atoms with Crippen LogP contribution in [0.4, 0.5) is 17.1 Å². The van der Waals surface area contributed by atoms with Crippen LogP contribution in [0.1, 0.15) is 31.2 Å². The Morgan fingerprint density at radius 3 is 1.63 bits per heavy atom. The third-order valence-electron chi connectivity index (χ3n) is 9.91. The third-order valence-corrected chi connectivity index (χ3v) is 11.0. The molecule has 13 heteroatoms. The topological polar surface area (TPSA) is 108 Å². The van der Waals surface area contributed by atoms with Crippen LogP contribution in [0.3, 0.4) is 0 Å². The van der Waals surface area contributed by atoms with E-state index in [0.29, 0.717) is 85.0 Å². The maximum Gasteiger partial charge on any atom is 0.247 e. The van der Waals surface area contributed by atoms with Crippen molar-refractivity contribution in [2.24, 2.45) is 11.1 Å². The normalized spacial score (nSPS) is 18.1. The molecule has 0 radical (unpaired) electrons. The number of pyridine rings is 2. The predicted octanol–water partition coefficient (Wildman–Crippen LogP) is 7.02. The molecule has 3 saturated heterocycles. The number of amides is 2. The minimum Gasteiger partial charge on any atom is -0.369 e. The highest BCUT2D eigenvalue weighted by Crippen LogP contribution is 2.42. The summed E-state index contributed by atoms with van der Waals surface area (Å²) in [5.74, 6) is -0.138. The number of halogens is 4. The van der Waals surface area contributed by atoms with Gasteiger partial charge in [0, 0.05) is 56.7 Å². The monoisotopic (exact) mass is 739 g/mol. The van der Waals surface area contributed by atoms with Gasteiger partial charge in [0.1, 0.15) is 5.54 Å². The summed E-state index contributed by atoms with van der Waals surface area (Å²) in [6.07, 6.45) is 9.81. The van der Waals surface area contributed by atoms with Gasteiger partial charge < -0.3 is 25.8 Å². The summed E-state index contributed by atoms with van der Waals surface area (Å²) in [6.45, 7) is 3.32. The summed E-state index contributed by atoms with van der Waals surface area (Å²) in [5.41, 5.74) is 8.52. The molecule has 5 heterocycles. The number of hydrogen-bond acceptors (Lipinski definition) is 7. The second kappa shape index (κ2) is 15.0. The van der Waals surface area contributed by atoms with Crippen LogP contribution in [0.2, 0.25) is 20.1 Å². The first kappa shape index (κ1) is 35.1. The van der Waals surface area contributed by atoms with E-state index in [1.54, 1.807) is 24.8 Å². The lowest BCUT2D eigenvalue weighted by Crippen LogP contribution is -2.56. The van der Waals surface area contributed by atoms with E-state index in [1.807, 2.05) is 60.7 Å². The van der Waals surface area contributed by atoms with Crippen molar-refractivity contribution in [1.82, 2.24) is 15.3 Å². The first-order valence-electron chi connectivity index (χ1n) is 16.2. The number of para-hydroxylation sites is 1. The lowest BCUT2D eigenvalue weighted by Gasteiger charge is -2.44. The van der Waals surface area contributed by atoms with Crippen LogP contribution in [0.15, 0.2) is 85.5 Å². The Labute approximate surface area is 306 Å². The fraction of sp³-hybridized carbons (Fsp3) is 0.333. The maximum atomic E-state index is 12.7. The van der Waals surface area contributed by atoms with Gasteiger partial charge in [0.15, 0.2) is 0 Å². The molecule has 256 valence electrons. The molecule has 0 bridgehead atoms. The van der Waals surface area contributed by atoms with Gasteiger partial charge in [-0.3, -0.25) is 19.6 Å². The maximum absolute atomic E-state index is 12.7. The Balaban J connectivity index is 0.000000170. The molecule has 0 saturated carbocycles. The van der Waals surface area contributed by atoms with Crippen LogP contribution in [-0.2, 0) is 16.0 Å². The lowest BCUT2D eigenvalue weighted by molar-refractivity contribution is -0.129. The number of carbonyl (C=O) groups is 2. The van der Waals surface area contributed by atoms with Crippen molar-refractivity contribution >= 4 is 75.3 Å². The average Bonchev–Trinajstić information content (AvgIpc) is 3.41. The summed E-state index contributed by atoms with van der Waals surface area (Å²) in [6, 6.07) is 20.1. The number of anilines is 3. The molecule has 7 rings (SSSR count). The fourth-order valence-corrected chi connectivity index (χ4v) is 8.41. The minimum absolute atomic E-state index is 0.0999. The van der Waals surface area contributed by atoms with Crippen LogP contribution in [0, 0.1) is 5.41 Å². The van der Waals surface area contributed by atoms with E-state index >= 15 is 0 Å². The number of nitrogens with two attached hydrogens (primary N) is 1. The third kappa shape index (κ3) is 7.26. The molecule has 49 heavy (non-hydrogen) atoms. The second-order valence-electron chi connectivity index (χ2n) is 12.6. The van der Waals surface area contributed by atoms with Crippen molar-refractivity contribution in [3.8, 4) is 0 Å². The van der Waals surface area contributed by atoms with Gasteiger partial charge in [-0.05, 0) is 49.8 Å². The smallest absolute Gasteiger partial charge is 0.247 e. The highest BCUT2D eigenvalue weighted by Gasteiger charge is 2.50. The Hall–Kier alpha value is -3.76. The molecule has 2 aromatic carbocycles. The molecular weight excluding hydrogens is 704 g/mol. The van der Waals surface area contributed by atoms with E-state index < -0.39 is 11.0 Å². The van der Waals surface area contributed by atoms with Gasteiger partial charge in [0.05, 0.1) is 43.5 Å². The van der Waals surface area contributed by atoms with Gasteiger partial charge in [-0.1, -0.05) is 94.9 Å². The SMILES string of the molecule is NC(=O)C1(Cc2ccccc2)CCN(c2c(Cl)cncc2Cl)CC1.O=C1NCN(c2ccccc2)C12CCN(c1c(Cl)cncc1Cl)CC2. The van der Waals surface area contributed by atoms with Gasteiger partial charge in [0.2, 0.25) is 11.8 Å². The van der Waals surface area contributed by atoms with Gasteiger partial charge >= 0.3 is 0 Å². The number of nitrogens with zero attached hydrogens (tertiary/aromatic N) is 5. The predicted molar refractivity (Wildman–Crippen MR) is 198 cm³/mol. The molecule has 4 aromatic rings. The number of nitrogens with one attached hydrogen (secondary N) is 1. The Kier molecular flexibility index (Phi) is 10.7. The molecule has 0 unspecified atom stereocenters. The van der Waals surface area contributed by atoms with Crippen molar-refractivity contribution < 1.29 is 9.59 Å². The zero-order valence-electron chi connectivity index (χ0n) is 26.8. The Morgan fingerprint density at radius 1 is 0.714 bits per heavy atom. The van der Waals surface area contributed by atoms with Crippen molar-refractivity contribution in [3.63, 3.8) is 0 Å². The number of benzene rings is 2. The molecule has 3 fully saturated rings. The Bertz CT molecular complexity index is 1740. The first-order valence-corrected chi connectivity index (χ1v) is 17.7. The van der Waals surface area contributed by atoms with E-state index in [9.17, 15) is 9.59 Å². The molecule has 1 spiro atoms. The summed E-state index contributed by atoms with van der Waals surface area (Å²) in [7, 11) is 0. The van der Waals surface area contributed by atoms with Gasteiger partial charge in [0.25, 0.3) is 0 Å². The zero-order chi connectivity index (χ0) is 34.6. The highest BCUT2D eigenvalue weighted by molar-refractivity contribution is 6.39. The minimum atomic E-state index is -0.524. The fourth-order valence-electron chi connectivity index (χ4n) is 7.20. The summed E-state index contributed by atoms with van der Waals surface area (Å²) in [5, 5.41) is 5.14. The van der Waals surface area contributed by atoms with E-state index in [-0.39, 0.29) is 11.8 Å². The second-order valence-corrected chi connectivity index (χ2v) is 14.3. The molecule has 2 aromatic heterocycles. The number of carbonyl (C=O) groups excluding carboxylic acids is 2. The zero-order valence-corrected chi connectivity index (χ0v) is 29.8. The molecule has 9 nitrogen and oxygen atoms in total. The van der Waals surface area contributed by atoms with Gasteiger partial charge in [-0.15, -0.1) is 0 Å². The first-order chi connectivity index (χ1) is 23.6. The molecule has 0 atom stereocenters. The van der Waals surface area contributed by atoms with Crippen molar-refractivity contribution in [1.29, 1.82) is 0 Å². The van der Waals surface area contributed by atoms with Crippen LogP contribution in [0.5, 0.6) is 0 Å². The number of primary amides is 1. The molecule has 3 N–H and O–H groups in total. The van der Waals surface area contributed by atoms with Gasteiger partial charge in [-0.25, -0.2) is 0 Å². The molecule has 2 amide bonds. The van der Waals surface area contributed by atoms with E-state index in [1.165, 1.54) is 0 Å². The molecule has 3 aliphatic heterocycles. The standard InChI is InChI=1S/C18H18Cl2N4O.C18H19Cl2N3O/c19-14-10-21-11-15(20)16(14)23-8-6-18(7-9-23)17(25)22-12-24(18)13-4-2-1-3-5-13;19-14-11-22-12-15(20)16(14)23-8-6-18(7-9-23,17(21)24)10-13-4-2-1-3-5-13/h1-5,10-11H,6-9,12H2,(H,22,25);1-5,11-12H,6-10H2,(H2,21,24). The van der Waals surface area contributed by atoms with Crippen molar-refractivity contribution in [2.45, 2.75) is 37.6 Å². The quantitative estimate of drug-likeness (QED) is 0.219. The molecule has 0 aliphatic carbocycles. The van der Waals surface area contributed by atoms with E-state index in [4.69, 9.17) is 52.1 Å². The van der Waals surface area contributed by atoms with Crippen LogP contribution in [0.25, 0.3) is 0 Å². The van der Waals surface area contributed by atoms with E-state index in [2.05, 4.69) is 30.0 Å². The summed E-state index contributed by atoms with van der Waals surface area (Å²) < 4.78 is 0. The Morgan fingerprint density at radius 2 is 1.16 bits per heavy atom. The van der Waals surface area contributed by atoms with Crippen molar-refractivity contribution in [2.75, 3.05) is 47.5 Å². The summed E-state index contributed by atoms with van der Waals surface area (Å²) in [4.78, 5) is 39.3. The highest BCUT2D eigenvalue weighted by atomic mass is 35.5. The largest absolute Gasteiger partial charge is 0.369 e. The van der Waals surface area contributed by atoms with Gasteiger partial charge in [-0.2, -0.15) is 0 Å². The average molecular weight is 742 g/mol. The number of rotatable bonds is 6. The van der Waals surface area contributed by atoms with Crippen LogP contribution in [-0.4, -0.2) is 60.2 Å². The number of hydrogen-bond donors (Lipinski definition) is 2. The molecular formula is C36H37Cl4N7O2. The number of piperidine rings is 2. The summed E-state index contributed by atoms with van der Waals surface area (Å²) >= 11 is 25.1. The van der Waals surface area contributed by atoms with Crippen molar-refractivity contribution in [3.05, 3.63) is 111 Å². The van der Waals surface area contributed by atoms with E-state index in [0.717, 1.165) is 22.6 Å². The van der Waals surface area contributed by atoms with Crippen LogP contribution < -0.4 is 25.8 Å².